The van der Waals surface area contributed by atoms with Crippen LogP contribution in [0, 0.1) is 23.7 Å². The normalized spacial score (nSPS) is 33.6. The number of hydrogen-bond acceptors (Lipinski definition) is 4. The largest absolute Gasteiger partial charge is 0.353 e. The van der Waals surface area contributed by atoms with Crippen LogP contribution in [-0.2, 0) is 9.59 Å². The Morgan fingerprint density at radius 1 is 0.542 bits per heavy atom. The molecule has 6 nitrogen and oxygen atoms in total. The summed E-state index contributed by atoms with van der Waals surface area (Å²) in [5.74, 6) is 0.984. The van der Waals surface area contributed by atoms with Gasteiger partial charge in [-0.3, -0.25) is 19.4 Å². The third-order valence-electron chi connectivity index (χ3n) is 14.0. The van der Waals surface area contributed by atoms with Crippen LogP contribution in [0.25, 0.3) is 0 Å². The number of benzene rings is 2. The first-order valence-electron chi connectivity index (χ1n) is 19.7. The van der Waals surface area contributed by atoms with E-state index in [2.05, 4.69) is 69.0 Å². The summed E-state index contributed by atoms with van der Waals surface area (Å²) in [4.78, 5) is 32.1. The van der Waals surface area contributed by atoms with Crippen molar-refractivity contribution in [2.45, 2.75) is 140 Å². The molecule has 0 aromatic heterocycles. The zero-order valence-corrected chi connectivity index (χ0v) is 29.4. The van der Waals surface area contributed by atoms with Crippen molar-refractivity contribution in [3.8, 4) is 0 Å². The van der Waals surface area contributed by atoms with Crippen molar-refractivity contribution in [1.29, 1.82) is 0 Å². The van der Waals surface area contributed by atoms with E-state index in [0.717, 1.165) is 37.5 Å². The van der Waals surface area contributed by atoms with E-state index in [4.69, 9.17) is 0 Å². The second-order valence-corrected chi connectivity index (χ2v) is 16.6. The minimum atomic E-state index is -0.314. The van der Waals surface area contributed by atoms with E-state index < -0.39 is 0 Å². The van der Waals surface area contributed by atoms with Crippen molar-refractivity contribution in [3.63, 3.8) is 0 Å². The number of nitrogens with zero attached hydrogens (tertiary/aromatic N) is 2. The van der Waals surface area contributed by atoms with Crippen molar-refractivity contribution < 1.29 is 9.59 Å². The van der Waals surface area contributed by atoms with Gasteiger partial charge in [-0.1, -0.05) is 62.4 Å². The van der Waals surface area contributed by atoms with Gasteiger partial charge in [-0.05, 0) is 137 Å². The summed E-state index contributed by atoms with van der Waals surface area (Å²) in [5.41, 5.74) is 6.30. The number of carbonyl (C=O) groups excluding carboxylic acids is 2. The topological polar surface area (TPSA) is 64.7 Å². The second-order valence-electron chi connectivity index (χ2n) is 16.6. The van der Waals surface area contributed by atoms with Crippen molar-refractivity contribution in [1.82, 2.24) is 20.4 Å². The summed E-state index contributed by atoms with van der Waals surface area (Å²) in [7, 11) is 0. The van der Waals surface area contributed by atoms with Crippen LogP contribution < -0.4 is 10.6 Å². The minimum Gasteiger partial charge on any atom is -0.353 e. The maximum absolute atomic E-state index is 13.3. The van der Waals surface area contributed by atoms with Gasteiger partial charge in [0.25, 0.3) is 0 Å². The number of carbonyl (C=O) groups is 2. The van der Waals surface area contributed by atoms with E-state index in [1.807, 2.05) is 13.8 Å². The molecule has 2 saturated heterocycles. The molecule has 2 aromatic rings. The summed E-state index contributed by atoms with van der Waals surface area (Å²) < 4.78 is 0. The first kappa shape index (κ1) is 32.5. The van der Waals surface area contributed by atoms with E-state index in [0.29, 0.717) is 24.2 Å². The lowest BCUT2D eigenvalue weighted by molar-refractivity contribution is -0.134. The molecule has 6 atom stereocenters. The maximum atomic E-state index is 13.3. The van der Waals surface area contributed by atoms with E-state index in [9.17, 15) is 9.59 Å². The molecule has 2 N–H and O–H groups in total. The molecule has 258 valence electrons. The molecule has 6 unspecified atom stereocenters. The average molecular weight is 651 g/mol. The third-order valence-corrected chi connectivity index (χ3v) is 14.0. The molecule has 4 heterocycles. The summed E-state index contributed by atoms with van der Waals surface area (Å²) in [6, 6.07) is 21.2. The van der Waals surface area contributed by atoms with E-state index >= 15 is 0 Å². The number of amides is 2. The molecule has 0 radical (unpaired) electrons. The number of rotatable bonds is 11. The van der Waals surface area contributed by atoms with Gasteiger partial charge >= 0.3 is 0 Å². The Morgan fingerprint density at radius 3 is 1.17 bits per heavy atom. The first-order chi connectivity index (χ1) is 23.4. The zero-order valence-electron chi connectivity index (χ0n) is 29.4. The fraction of sp³-hybridized carbons (Fsp3) is 0.667. The van der Waals surface area contributed by atoms with Crippen LogP contribution >= 0.6 is 0 Å². The highest BCUT2D eigenvalue weighted by Gasteiger charge is 2.44. The Bertz CT molecular complexity index is 1290. The molecule has 2 saturated carbocycles. The molecule has 48 heavy (non-hydrogen) atoms. The summed E-state index contributed by atoms with van der Waals surface area (Å²) in [6.07, 6.45) is 16.8. The Balaban J connectivity index is 0.719. The van der Waals surface area contributed by atoms with Crippen molar-refractivity contribution in [3.05, 3.63) is 70.8 Å². The van der Waals surface area contributed by atoms with Gasteiger partial charge in [-0.15, -0.1) is 0 Å². The highest BCUT2D eigenvalue weighted by molar-refractivity contribution is 5.87. The summed E-state index contributed by atoms with van der Waals surface area (Å²) in [6.45, 7) is 6.28. The van der Waals surface area contributed by atoms with Gasteiger partial charge in [0, 0.05) is 48.1 Å². The Labute approximate surface area is 288 Å². The molecule has 4 fully saturated rings. The van der Waals surface area contributed by atoms with Crippen LogP contribution in [-0.4, -0.2) is 46.8 Å². The summed E-state index contributed by atoms with van der Waals surface area (Å²) in [5, 5.41) is 6.68. The lowest BCUT2D eigenvalue weighted by Crippen LogP contribution is -2.46. The Morgan fingerprint density at radius 2 is 0.854 bits per heavy atom. The molecule has 6 aliphatic rings. The molecule has 2 aromatic carbocycles. The number of hydrogen-bond donors (Lipinski definition) is 2. The molecule has 2 aliphatic carbocycles. The van der Waals surface area contributed by atoms with Crippen LogP contribution in [0.15, 0.2) is 48.5 Å². The van der Waals surface area contributed by atoms with Crippen LogP contribution in [0.3, 0.4) is 0 Å². The Hall–Kier alpha value is -2.70. The van der Waals surface area contributed by atoms with Gasteiger partial charge in [0.2, 0.25) is 11.8 Å². The van der Waals surface area contributed by atoms with Crippen LogP contribution in [0.4, 0.5) is 0 Å². The van der Waals surface area contributed by atoms with Crippen LogP contribution in [0.1, 0.15) is 150 Å². The SMILES string of the molecule is CC(C(=O)NC1CCC(CCN2C3CCC2c2ccccc23)CC1)C(C)C(=O)NC1CCC(CCN2C3CCC2c2ccccc23)CC1. The van der Waals surface area contributed by atoms with Crippen LogP contribution in [0.2, 0.25) is 0 Å². The van der Waals surface area contributed by atoms with Crippen LogP contribution in [0.5, 0.6) is 0 Å². The van der Waals surface area contributed by atoms with Gasteiger partial charge in [-0.2, -0.15) is 0 Å². The number of fused-ring (bicyclic) bond motifs is 10. The van der Waals surface area contributed by atoms with Crippen molar-refractivity contribution in [2.75, 3.05) is 13.1 Å². The molecule has 0 spiro atoms. The lowest BCUT2D eigenvalue weighted by Gasteiger charge is -2.33. The summed E-state index contributed by atoms with van der Waals surface area (Å²) >= 11 is 0. The van der Waals surface area contributed by atoms with Gasteiger partial charge in [0.15, 0.2) is 0 Å². The molecule has 4 bridgehead atoms. The molecule has 6 heteroatoms. The molecular weight excluding hydrogens is 592 g/mol. The predicted molar refractivity (Wildman–Crippen MR) is 191 cm³/mol. The molecular formula is C42H58N4O2. The number of nitrogens with one attached hydrogen (secondary N) is 2. The highest BCUT2D eigenvalue weighted by Crippen LogP contribution is 2.54. The van der Waals surface area contributed by atoms with E-state index in [1.165, 1.54) is 77.3 Å². The quantitative estimate of drug-likeness (QED) is 0.258. The standard InChI is InChI=1S/C42H58N4O2/c1-27(41(47)43-31-15-11-29(12-16-31)23-25-45-37-19-20-38(45)34-8-4-3-7-33(34)37)28(2)42(48)44-32-17-13-30(14-18-32)24-26-46-39-21-22-40(46)36-10-6-5-9-35(36)39/h3-10,27-32,37-40H,11-26H2,1-2H3,(H,43,47)(H,44,48). The highest BCUT2D eigenvalue weighted by atomic mass is 16.2. The smallest absolute Gasteiger partial charge is 0.223 e. The van der Waals surface area contributed by atoms with Gasteiger partial charge in [-0.25, -0.2) is 0 Å². The second kappa shape index (κ2) is 13.9. The lowest BCUT2D eigenvalue weighted by atomic mass is 9.83. The van der Waals surface area contributed by atoms with E-state index in [1.54, 1.807) is 22.3 Å². The average Bonchev–Trinajstić information content (AvgIpc) is 3.88. The third kappa shape index (κ3) is 6.25. The first-order valence-corrected chi connectivity index (χ1v) is 19.7. The van der Waals surface area contributed by atoms with Crippen molar-refractivity contribution >= 4 is 11.8 Å². The van der Waals surface area contributed by atoms with Gasteiger partial charge < -0.3 is 10.6 Å². The predicted octanol–water partition coefficient (Wildman–Crippen LogP) is 8.17. The fourth-order valence-corrected chi connectivity index (χ4v) is 10.9. The van der Waals surface area contributed by atoms with Crippen molar-refractivity contribution in [2.24, 2.45) is 23.7 Å². The van der Waals surface area contributed by atoms with E-state index in [-0.39, 0.29) is 35.7 Å². The zero-order chi connectivity index (χ0) is 32.8. The fourth-order valence-electron chi connectivity index (χ4n) is 10.9. The molecule has 4 aliphatic heterocycles. The minimum absolute atomic E-state index is 0.0502. The maximum Gasteiger partial charge on any atom is 0.223 e. The molecule has 8 rings (SSSR count). The van der Waals surface area contributed by atoms with Gasteiger partial charge in [0.1, 0.15) is 0 Å². The Kier molecular flexibility index (Phi) is 9.41. The molecule has 2 amide bonds. The van der Waals surface area contributed by atoms with Gasteiger partial charge in [0.05, 0.1) is 0 Å². The monoisotopic (exact) mass is 650 g/mol.